The molecule has 0 amide bonds. The van der Waals surface area contributed by atoms with Crippen molar-refractivity contribution in [2.24, 2.45) is 0 Å². The van der Waals surface area contributed by atoms with Gasteiger partial charge < -0.3 is 0 Å². The van der Waals surface area contributed by atoms with Gasteiger partial charge in [-0.1, -0.05) is 135 Å². The van der Waals surface area contributed by atoms with Gasteiger partial charge in [0.05, 0.1) is 11.4 Å². The van der Waals surface area contributed by atoms with Crippen LogP contribution < -0.4 is 0 Å². The van der Waals surface area contributed by atoms with Gasteiger partial charge >= 0.3 is 0 Å². The second-order valence-corrected chi connectivity index (χ2v) is 11.2. The van der Waals surface area contributed by atoms with Gasteiger partial charge in [0, 0.05) is 27.7 Å². The average molecular weight is 528 g/mol. The third-order valence-electron chi connectivity index (χ3n) is 8.30. The van der Waals surface area contributed by atoms with Gasteiger partial charge in [-0.25, -0.2) is 4.98 Å². The van der Waals surface area contributed by atoms with E-state index in [0.29, 0.717) is 0 Å². The average Bonchev–Trinajstić information content (AvgIpc) is 3.04. The first-order valence-electron chi connectivity index (χ1n) is 14.0. The topological polar surface area (TPSA) is 30.0 Å². The zero-order valence-corrected chi connectivity index (χ0v) is 23.1. The molecule has 0 unspecified atom stereocenters. The lowest BCUT2D eigenvalue weighted by Gasteiger charge is -2.34. The lowest BCUT2D eigenvalue weighted by Crippen LogP contribution is -2.30. The summed E-state index contributed by atoms with van der Waals surface area (Å²) in [6, 6.07) is 47.8. The Morgan fingerprint density at radius 3 is 1.54 bits per heavy atom. The fourth-order valence-electron chi connectivity index (χ4n) is 6.15. The van der Waals surface area contributed by atoms with Gasteiger partial charge in [0.1, 0.15) is 0 Å². The summed E-state index contributed by atoms with van der Waals surface area (Å²) in [5, 5.41) is 0. The Labute approximate surface area is 241 Å². The standard InChI is InChI=1S/C39H29NO/c1-39(2)34-20-12-11-19-32(34)38(41)33-23-28(21-22-35(33)39)30-17-9-10-18-31(30)29-24-36(26-13-5-3-6-14-26)40-37(25-29)27-15-7-4-8-16-27/h3-25H,1-2H3. The number of ketones is 1. The van der Waals surface area contributed by atoms with E-state index in [4.69, 9.17) is 4.98 Å². The van der Waals surface area contributed by atoms with Crippen molar-refractivity contribution in [1.29, 1.82) is 0 Å². The third-order valence-corrected chi connectivity index (χ3v) is 8.30. The van der Waals surface area contributed by atoms with Crippen LogP contribution in [0.1, 0.15) is 40.9 Å². The first-order valence-corrected chi connectivity index (χ1v) is 14.0. The number of carbonyl (C=O) groups is 1. The molecule has 2 nitrogen and oxygen atoms in total. The molecule has 6 aromatic rings. The van der Waals surface area contributed by atoms with E-state index in [1.54, 1.807) is 0 Å². The lowest BCUT2D eigenvalue weighted by molar-refractivity contribution is 0.103. The number of benzene rings is 5. The van der Waals surface area contributed by atoms with Gasteiger partial charge in [-0.3, -0.25) is 4.79 Å². The second kappa shape index (κ2) is 9.83. The summed E-state index contributed by atoms with van der Waals surface area (Å²) in [4.78, 5) is 18.8. The number of hydrogen-bond donors (Lipinski definition) is 0. The maximum Gasteiger partial charge on any atom is 0.193 e. The molecule has 1 aromatic heterocycles. The molecule has 0 aliphatic heterocycles. The minimum atomic E-state index is -0.252. The Bertz CT molecular complexity index is 1860. The van der Waals surface area contributed by atoms with Crippen LogP contribution in [0.2, 0.25) is 0 Å². The zero-order valence-electron chi connectivity index (χ0n) is 23.1. The summed E-state index contributed by atoms with van der Waals surface area (Å²) in [5.41, 5.74) is 11.8. The SMILES string of the molecule is CC1(C)c2ccccc2C(=O)c2cc(-c3ccccc3-c3cc(-c4ccccc4)nc(-c4ccccc4)c3)ccc21. The van der Waals surface area contributed by atoms with Crippen molar-refractivity contribution in [2.45, 2.75) is 19.3 Å². The highest BCUT2D eigenvalue weighted by Gasteiger charge is 2.36. The molecule has 2 heteroatoms. The maximum absolute atomic E-state index is 13.7. The molecule has 5 aromatic carbocycles. The van der Waals surface area contributed by atoms with Crippen LogP contribution in [0, 0.1) is 0 Å². The molecule has 1 heterocycles. The number of carbonyl (C=O) groups excluding carboxylic acids is 1. The molecule has 0 atom stereocenters. The van der Waals surface area contributed by atoms with Crippen molar-refractivity contribution in [2.75, 3.05) is 0 Å². The highest BCUT2D eigenvalue weighted by atomic mass is 16.1. The molecule has 7 rings (SSSR count). The maximum atomic E-state index is 13.7. The van der Waals surface area contributed by atoms with Crippen LogP contribution in [0.15, 0.2) is 140 Å². The molecule has 0 spiro atoms. The van der Waals surface area contributed by atoms with Gasteiger partial charge in [-0.2, -0.15) is 0 Å². The number of hydrogen-bond acceptors (Lipinski definition) is 2. The van der Waals surface area contributed by atoms with Crippen molar-refractivity contribution >= 4 is 5.78 Å². The van der Waals surface area contributed by atoms with E-state index >= 15 is 0 Å². The largest absolute Gasteiger partial charge is 0.289 e. The number of aromatic nitrogens is 1. The Balaban J connectivity index is 1.40. The zero-order chi connectivity index (χ0) is 28.0. The van der Waals surface area contributed by atoms with E-state index in [1.165, 1.54) is 0 Å². The molecular weight excluding hydrogens is 498 g/mol. The van der Waals surface area contributed by atoms with Gasteiger partial charge in [-0.15, -0.1) is 0 Å². The molecule has 0 bridgehead atoms. The van der Waals surface area contributed by atoms with E-state index in [2.05, 4.69) is 98.8 Å². The first-order chi connectivity index (χ1) is 20.0. The predicted molar refractivity (Wildman–Crippen MR) is 168 cm³/mol. The minimum absolute atomic E-state index is 0.0934. The molecule has 1 aliphatic carbocycles. The molecule has 0 radical (unpaired) electrons. The van der Waals surface area contributed by atoms with Crippen LogP contribution in [-0.4, -0.2) is 10.8 Å². The number of rotatable bonds is 4. The van der Waals surface area contributed by atoms with Crippen LogP contribution in [0.5, 0.6) is 0 Å². The summed E-state index contributed by atoms with van der Waals surface area (Å²) in [5.74, 6) is 0.0934. The molecule has 41 heavy (non-hydrogen) atoms. The molecule has 0 saturated carbocycles. The lowest BCUT2D eigenvalue weighted by atomic mass is 9.68. The second-order valence-electron chi connectivity index (χ2n) is 11.2. The van der Waals surface area contributed by atoms with Gasteiger partial charge in [0.2, 0.25) is 0 Å². The molecule has 0 N–H and O–H groups in total. The Hall–Kier alpha value is -5.08. The van der Waals surface area contributed by atoms with Crippen LogP contribution in [0.25, 0.3) is 44.8 Å². The third kappa shape index (κ3) is 4.29. The van der Waals surface area contributed by atoms with Gasteiger partial charge in [0.25, 0.3) is 0 Å². The van der Waals surface area contributed by atoms with E-state index in [0.717, 1.165) is 67.0 Å². The highest BCUT2D eigenvalue weighted by Crippen LogP contribution is 2.43. The van der Waals surface area contributed by atoms with E-state index in [-0.39, 0.29) is 11.2 Å². The smallest absolute Gasteiger partial charge is 0.193 e. The van der Waals surface area contributed by atoms with E-state index in [9.17, 15) is 4.79 Å². The Kier molecular flexibility index (Phi) is 5.98. The van der Waals surface area contributed by atoms with Crippen LogP contribution >= 0.6 is 0 Å². The quantitative estimate of drug-likeness (QED) is 0.228. The summed E-state index contributed by atoms with van der Waals surface area (Å²) >= 11 is 0. The first kappa shape index (κ1) is 24.9. The van der Waals surface area contributed by atoms with Gasteiger partial charge in [-0.05, 0) is 51.6 Å². The monoisotopic (exact) mass is 527 g/mol. The normalized spacial score (nSPS) is 13.4. The molecular formula is C39H29NO. The highest BCUT2D eigenvalue weighted by molar-refractivity contribution is 6.13. The van der Waals surface area contributed by atoms with Crippen molar-refractivity contribution in [3.8, 4) is 44.8 Å². The predicted octanol–water partition coefficient (Wildman–Crippen LogP) is 9.62. The van der Waals surface area contributed by atoms with Crippen molar-refractivity contribution in [1.82, 2.24) is 4.98 Å². The number of nitrogens with zero attached hydrogens (tertiary/aromatic N) is 1. The fraction of sp³-hybridized carbons (Fsp3) is 0.0769. The summed E-state index contributed by atoms with van der Waals surface area (Å²) in [6.45, 7) is 4.41. The number of pyridine rings is 1. The minimum Gasteiger partial charge on any atom is -0.289 e. The Morgan fingerprint density at radius 1 is 0.439 bits per heavy atom. The summed E-state index contributed by atoms with van der Waals surface area (Å²) in [7, 11) is 0. The summed E-state index contributed by atoms with van der Waals surface area (Å²) < 4.78 is 0. The van der Waals surface area contributed by atoms with Crippen LogP contribution in [0.4, 0.5) is 0 Å². The molecule has 0 saturated heterocycles. The van der Waals surface area contributed by atoms with Crippen LogP contribution in [-0.2, 0) is 5.41 Å². The van der Waals surface area contributed by atoms with Crippen molar-refractivity contribution < 1.29 is 4.79 Å². The van der Waals surface area contributed by atoms with E-state index in [1.807, 2.05) is 54.6 Å². The van der Waals surface area contributed by atoms with Gasteiger partial charge in [0.15, 0.2) is 5.78 Å². The van der Waals surface area contributed by atoms with Crippen molar-refractivity contribution in [3.05, 3.63) is 162 Å². The van der Waals surface area contributed by atoms with E-state index < -0.39 is 0 Å². The molecule has 1 aliphatic rings. The summed E-state index contributed by atoms with van der Waals surface area (Å²) in [6.07, 6.45) is 0. The number of fused-ring (bicyclic) bond motifs is 2. The fourth-order valence-corrected chi connectivity index (χ4v) is 6.15. The molecule has 196 valence electrons. The molecule has 0 fully saturated rings. The Morgan fingerprint density at radius 2 is 0.927 bits per heavy atom. The van der Waals surface area contributed by atoms with Crippen molar-refractivity contribution in [3.63, 3.8) is 0 Å². The van der Waals surface area contributed by atoms with Crippen LogP contribution in [0.3, 0.4) is 0 Å².